The van der Waals surface area contributed by atoms with Gasteiger partial charge in [-0.25, -0.2) is 0 Å². The third kappa shape index (κ3) is 2.28. The van der Waals surface area contributed by atoms with Gasteiger partial charge in [0.05, 0.1) is 19.3 Å². The Morgan fingerprint density at radius 3 is 2.90 bits per heavy atom. The Morgan fingerprint density at radius 1 is 1.25 bits per heavy atom. The van der Waals surface area contributed by atoms with E-state index in [1.54, 1.807) is 0 Å². The first-order valence-corrected chi connectivity index (χ1v) is 6.88. The van der Waals surface area contributed by atoms with Crippen LogP contribution in [0.2, 0.25) is 0 Å². The number of hydrogen-bond donors (Lipinski definition) is 1. The first-order chi connectivity index (χ1) is 9.81. The summed E-state index contributed by atoms with van der Waals surface area (Å²) >= 11 is 0. The van der Waals surface area contributed by atoms with Crippen LogP contribution in [0.4, 0.5) is 0 Å². The smallest absolute Gasteiger partial charge is 0.254 e. The average Bonchev–Trinajstić information content (AvgIpc) is 2.53. The quantitative estimate of drug-likeness (QED) is 0.902. The maximum Gasteiger partial charge on any atom is 0.254 e. The van der Waals surface area contributed by atoms with E-state index in [0.29, 0.717) is 26.3 Å². The molecule has 104 valence electrons. The minimum Gasteiger partial charge on any atom is -0.377 e. The highest BCUT2D eigenvalue weighted by Gasteiger charge is 2.27. The number of nitrogens with two attached hydrogens (primary N) is 1. The molecule has 4 heteroatoms. The Hall–Kier alpha value is -1.91. The fraction of sp³-hybridized carbons (Fsp3) is 0.312. The molecule has 0 saturated carbocycles. The van der Waals surface area contributed by atoms with Crippen LogP contribution in [0.25, 0.3) is 10.8 Å². The molecule has 2 N–H and O–H groups in total. The Kier molecular flexibility index (Phi) is 3.67. The molecule has 2 aromatic carbocycles. The van der Waals surface area contributed by atoms with Crippen LogP contribution >= 0.6 is 0 Å². The van der Waals surface area contributed by atoms with Crippen molar-refractivity contribution in [3.8, 4) is 0 Å². The second kappa shape index (κ2) is 5.61. The molecule has 1 aliphatic heterocycles. The Bertz CT molecular complexity index is 621. The number of carbonyl (C=O) groups excluding carboxylic acids is 1. The maximum atomic E-state index is 12.8. The molecule has 0 spiro atoms. The van der Waals surface area contributed by atoms with Gasteiger partial charge in [0.25, 0.3) is 5.91 Å². The van der Waals surface area contributed by atoms with Gasteiger partial charge < -0.3 is 15.4 Å². The lowest BCUT2D eigenvalue weighted by Crippen LogP contribution is -2.52. The normalized spacial score (nSPS) is 19.2. The number of morpholine rings is 1. The molecule has 1 aliphatic rings. The summed E-state index contributed by atoms with van der Waals surface area (Å²) in [5.74, 6) is 0.0422. The Balaban J connectivity index is 1.99. The van der Waals surface area contributed by atoms with Crippen LogP contribution in [0.1, 0.15) is 10.4 Å². The van der Waals surface area contributed by atoms with Crippen LogP contribution in [0.5, 0.6) is 0 Å². The molecule has 1 saturated heterocycles. The summed E-state index contributed by atoms with van der Waals surface area (Å²) in [6, 6.07) is 13.7. The number of benzene rings is 2. The minimum absolute atomic E-state index is 0.0322. The molecule has 0 aromatic heterocycles. The molecule has 1 heterocycles. The number of fused-ring (bicyclic) bond motifs is 1. The van der Waals surface area contributed by atoms with E-state index in [1.807, 2.05) is 47.4 Å². The van der Waals surface area contributed by atoms with Crippen molar-refractivity contribution >= 4 is 16.7 Å². The van der Waals surface area contributed by atoms with Crippen LogP contribution in [-0.2, 0) is 4.74 Å². The fourth-order valence-corrected chi connectivity index (χ4v) is 2.68. The highest BCUT2D eigenvalue weighted by Crippen LogP contribution is 2.21. The first-order valence-electron chi connectivity index (χ1n) is 6.88. The van der Waals surface area contributed by atoms with Gasteiger partial charge >= 0.3 is 0 Å². The third-order valence-electron chi connectivity index (χ3n) is 3.78. The minimum atomic E-state index is -0.0322. The van der Waals surface area contributed by atoms with Gasteiger partial charge in [0, 0.05) is 18.7 Å². The molecule has 1 unspecified atom stereocenters. The van der Waals surface area contributed by atoms with Crippen molar-refractivity contribution in [2.45, 2.75) is 6.04 Å². The summed E-state index contributed by atoms with van der Waals surface area (Å²) in [6.07, 6.45) is 0. The zero-order chi connectivity index (χ0) is 13.9. The van der Waals surface area contributed by atoms with Crippen LogP contribution in [-0.4, -0.2) is 43.2 Å². The van der Waals surface area contributed by atoms with Crippen molar-refractivity contribution in [1.29, 1.82) is 0 Å². The van der Waals surface area contributed by atoms with Gasteiger partial charge in [0.1, 0.15) is 0 Å². The Morgan fingerprint density at radius 2 is 2.05 bits per heavy atom. The van der Waals surface area contributed by atoms with E-state index in [0.717, 1.165) is 16.3 Å². The lowest BCUT2D eigenvalue weighted by Gasteiger charge is -2.35. The van der Waals surface area contributed by atoms with Crippen LogP contribution in [0, 0.1) is 0 Å². The van der Waals surface area contributed by atoms with Crippen molar-refractivity contribution < 1.29 is 9.53 Å². The van der Waals surface area contributed by atoms with Gasteiger partial charge in [-0.05, 0) is 16.8 Å². The van der Waals surface area contributed by atoms with E-state index in [2.05, 4.69) is 0 Å². The van der Waals surface area contributed by atoms with E-state index in [1.165, 1.54) is 0 Å². The molecule has 3 rings (SSSR count). The fourth-order valence-electron chi connectivity index (χ4n) is 2.68. The number of rotatable bonds is 2. The van der Waals surface area contributed by atoms with Crippen molar-refractivity contribution in [2.24, 2.45) is 5.73 Å². The third-order valence-corrected chi connectivity index (χ3v) is 3.78. The summed E-state index contributed by atoms with van der Waals surface area (Å²) in [5.41, 5.74) is 6.49. The zero-order valence-corrected chi connectivity index (χ0v) is 11.3. The zero-order valence-electron chi connectivity index (χ0n) is 11.3. The van der Waals surface area contributed by atoms with Crippen molar-refractivity contribution in [3.63, 3.8) is 0 Å². The molecule has 0 aliphatic carbocycles. The molecule has 4 nitrogen and oxygen atoms in total. The van der Waals surface area contributed by atoms with E-state index >= 15 is 0 Å². The molecule has 1 atom stereocenters. The summed E-state index contributed by atoms with van der Waals surface area (Å²) in [7, 11) is 0. The number of nitrogens with zero attached hydrogens (tertiary/aromatic N) is 1. The van der Waals surface area contributed by atoms with Gasteiger partial charge in [-0.2, -0.15) is 0 Å². The van der Waals surface area contributed by atoms with E-state index < -0.39 is 0 Å². The second-order valence-corrected chi connectivity index (χ2v) is 4.99. The highest BCUT2D eigenvalue weighted by molar-refractivity contribution is 6.07. The topological polar surface area (TPSA) is 55.6 Å². The monoisotopic (exact) mass is 270 g/mol. The van der Waals surface area contributed by atoms with Crippen molar-refractivity contribution in [2.75, 3.05) is 26.3 Å². The van der Waals surface area contributed by atoms with Gasteiger partial charge in [-0.1, -0.05) is 36.4 Å². The lowest BCUT2D eigenvalue weighted by molar-refractivity contribution is 0.000949. The van der Waals surface area contributed by atoms with Gasteiger partial charge in [-0.15, -0.1) is 0 Å². The number of hydrogen-bond acceptors (Lipinski definition) is 3. The molecule has 0 radical (unpaired) electrons. The van der Waals surface area contributed by atoms with Crippen LogP contribution < -0.4 is 5.73 Å². The van der Waals surface area contributed by atoms with Crippen LogP contribution in [0.3, 0.4) is 0 Å². The molecule has 2 aromatic rings. The SMILES string of the molecule is NCC1COCCN1C(=O)c1cccc2ccccc12. The molecule has 1 fully saturated rings. The maximum absolute atomic E-state index is 12.8. The highest BCUT2D eigenvalue weighted by atomic mass is 16.5. The molecule has 1 amide bonds. The van der Waals surface area contributed by atoms with Crippen molar-refractivity contribution in [3.05, 3.63) is 48.0 Å². The standard InChI is InChI=1S/C16H18N2O2/c17-10-13-11-20-9-8-18(13)16(19)15-7-3-5-12-4-1-2-6-14(12)15/h1-7,13H,8-11,17H2. The molecule has 20 heavy (non-hydrogen) atoms. The summed E-state index contributed by atoms with van der Waals surface area (Å²) < 4.78 is 5.40. The molecular weight excluding hydrogens is 252 g/mol. The van der Waals surface area contributed by atoms with E-state index in [-0.39, 0.29) is 11.9 Å². The Labute approximate surface area is 118 Å². The van der Waals surface area contributed by atoms with E-state index in [4.69, 9.17) is 10.5 Å². The lowest BCUT2D eigenvalue weighted by atomic mass is 10.0. The molecular formula is C16H18N2O2. The summed E-state index contributed by atoms with van der Waals surface area (Å²) in [4.78, 5) is 14.6. The number of carbonyl (C=O) groups is 1. The molecule has 0 bridgehead atoms. The van der Waals surface area contributed by atoms with Gasteiger partial charge in [0.2, 0.25) is 0 Å². The van der Waals surface area contributed by atoms with Crippen LogP contribution in [0.15, 0.2) is 42.5 Å². The summed E-state index contributed by atoms with van der Waals surface area (Å²) in [5, 5.41) is 2.07. The average molecular weight is 270 g/mol. The predicted octanol–water partition coefficient (Wildman–Crippen LogP) is 1.64. The largest absolute Gasteiger partial charge is 0.377 e. The second-order valence-electron chi connectivity index (χ2n) is 4.99. The van der Waals surface area contributed by atoms with E-state index in [9.17, 15) is 4.79 Å². The van der Waals surface area contributed by atoms with Crippen molar-refractivity contribution in [1.82, 2.24) is 4.90 Å². The summed E-state index contributed by atoms with van der Waals surface area (Å²) in [6.45, 7) is 2.13. The predicted molar refractivity (Wildman–Crippen MR) is 78.6 cm³/mol. The number of ether oxygens (including phenoxy) is 1. The van der Waals surface area contributed by atoms with Gasteiger partial charge in [-0.3, -0.25) is 4.79 Å². The first kappa shape index (κ1) is 13.1. The number of amides is 1. The van der Waals surface area contributed by atoms with Gasteiger partial charge in [0.15, 0.2) is 0 Å².